The van der Waals surface area contributed by atoms with Gasteiger partial charge in [0.1, 0.15) is 5.75 Å². The first-order chi connectivity index (χ1) is 13.1. The van der Waals surface area contributed by atoms with Crippen LogP contribution in [-0.4, -0.2) is 44.2 Å². The molecule has 0 N–H and O–H groups in total. The predicted octanol–water partition coefficient (Wildman–Crippen LogP) is 4.31. The fourth-order valence-corrected chi connectivity index (χ4v) is 6.09. The number of amides is 1. The summed E-state index contributed by atoms with van der Waals surface area (Å²) in [6, 6.07) is 8.21. The molecule has 0 unspecified atom stereocenters. The van der Waals surface area contributed by atoms with Crippen molar-refractivity contribution in [2.45, 2.75) is 69.3 Å². The van der Waals surface area contributed by atoms with Gasteiger partial charge in [-0.3, -0.25) is 4.79 Å². The van der Waals surface area contributed by atoms with Crippen LogP contribution in [0.25, 0.3) is 0 Å². The van der Waals surface area contributed by atoms with E-state index < -0.39 is 0 Å². The van der Waals surface area contributed by atoms with Crippen molar-refractivity contribution >= 4 is 5.91 Å². The first kappa shape index (κ1) is 18.8. The standard InChI is InChI=1S/C23H33NO3/c1-26-19-10-8-18(9-11-19)23(14-3-4-15-23)21(25)24-16-6-13-22(17-24)12-5-7-20(22)27-2/h8-11,20H,3-7,12-17H2,1-2H3/t20-,22+/m1/s1. The van der Waals surface area contributed by atoms with Gasteiger partial charge in [0.05, 0.1) is 18.6 Å². The number of likely N-dealkylation sites (tertiary alicyclic amines) is 1. The summed E-state index contributed by atoms with van der Waals surface area (Å²) in [4.78, 5) is 16.1. The van der Waals surface area contributed by atoms with Crippen LogP contribution >= 0.6 is 0 Å². The van der Waals surface area contributed by atoms with Crippen LogP contribution in [0.1, 0.15) is 63.4 Å². The molecule has 2 saturated carbocycles. The molecule has 1 saturated heterocycles. The van der Waals surface area contributed by atoms with Crippen LogP contribution < -0.4 is 4.74 Å². The Kier molecular flexibility index (Phi) is 5.19. The second-order valence-corrected chi connectivity index (χ2v) is 8.83. The van der Waals surface area contributed by atoms with E-state index in [-0.39, 0.29) is 10.8 Å². The molecule has 1 heterocycles. The molecule has 1 spiro atoms. The Morgan fingerprint density at radius 1 is 1.00 bits per heavy atom. The van der Waals surface area contributed by atoms with Crippen LogP contribution in [0.15, 0.2) is 24.3 Å². The molecular weight excluding hydrogens is 338 g/mol. The van der Waals surface area contributed by atoms with Crippen molar-refractivity contribution in [3.05, 3.63) is 29.8 Å². The van der Waals surface area contributed by atoms with Gasteiger partial charge in [0.15, 0.2) is 0 Å². The quantitative estimate of drug-likeness (QED) is 0.791. The second kappa shape index (κ2) is 7.46. The van der Waals surface area contributed by atoms with E-state index in [1.54, 1.807) is 7.11 Å². The molecule has 2 aliphatic carbocycles. The maximum Gasteiger partial charge on any atom is 0.233 e. The van der Waals surface area contributed by atoms with Gasteiger partial charge in [-0.05, 0) is 56.2 Å². The number of hydrogen-bond acceptors (Lipinski definition) is 3. The lowest BCUT2D eigenvalue weighted by Gasteiger charge is -2.46. The van der Waals surface area contributed by atoms with Gasteiger partial charge in [-0.25, -0.2) is 0 Å². The Balaban J connectivity index is 1.60. The van der Waals surface area contributed by atoms with Crippen molar-refractivity contribution in [2.75, 3.05) is 27.3 Å². The molecule has 1 aromatic rings. The van der Waals surface area contributed by atoms with Gasteiger partial charge in [0.2, 0.25) is 5.91 Å². The average molecular weight is 372 g/mol. The van der Waals surface area contributed by atoms with E-state index in [9.17, 15) is 4.79 Å². The fourth-order valence-electron chi connectivity index (χ4n) is 6.09. The topological polar surface area (TPSA) is 38.8 Å². The van der Waals surface area contributed by atoms with Crippen LogP contribution in [0, 0.1) is 5.41 Å². The Labute approximate surface area is 163 Å². The van der Waals surface area contributed by atoms with E-state index >= 15 is 0 Å². The van der Waals surface area contributed by atoms with Crippen LogP contribution in [0.2, 0.25) is 0 Å². The maximum absolute atomic E-state index is 13.9. The molecule has 148 valence electrons. The number of ether oxygens (including phenoxy) is 2. The van der Waals surface area contributed by atoms with Gasteiger partial charge in [0, 0.05) is 25.6 Å². The van der Waals surface area contributed by atoms with Crippen LogP contribution in [-0.2, 0) is 14.9 Å². The van der Waals surface area contributed by atoms with Crippen molar-refractivity contribution in [1.29, 1.82) is 0 Å². The largest absolute Gasteiger partial charge is 0.497 e. The van der Waals surface area contributed by atoms with Gasteiger partial charge in [0.25, 0.3) is 0 Å². The first-order valence-corrected chi connectivity index (χ1v) is 10.6. The minimum Gasteiger partial charge on any atom is -0.497 e. The molecular formula is C23H33NO3. The van der Waals surface area contributed by atoms with E-state index in [2.05, 4.69) is 17.0 Å². The summed E-state index contributed by atoms with van der Waals surface area (Å²) in [7, 11) is 3.53. The van der Waals surface area contributed by atoms with E-state index in [0.29, 0.717) is 12.0 Å². The molecule has 1 aromatic carbocycles. The van der Waals surface area contributed by atoms with E-state index in [0.717, 1.165) is 57.4 Å². The molecule has 0 aromatic heterocycles. The molecule has 3 fully saturated rings. The number of piperidine rings is 1. The second-order valence-electron chi connectivity index (χ2n) is 8.83. The average Bonchev–Trinajstić information content (AvgIpc) is 3.35. The van der Waals surface area contributed by atoms with Gasteiger partial charge in [-0.2, -0.15) is 0 Å². The lowest BCUT2D eigenvalue weighted by atomic mass is 9.73. The minimum absolute atomic E-state index is 0.183. The molecule has 1 amide bonds. The molecule has 27 heavy (non-hydrogen) atoms. The Bertz CT molecular complexity index is 665. The maximum atomic E-state index is 13.9. The highest BCUT2D eigenvalue weighted by Crippen LogP contribution is 2.49. The Morgan fingerprint density at radius 2 is 1.70 bits per heavy atom. The van der Waals surface area contributed by atoms with Crippen LogP contribution in [0.5, 0.6) is 5.75 Å². The SMILES string of the molecule is COc1ccc(C2(C(=O)N3CCC[C@@]4(CCC[C@H]4OC)C3)CCCC2)cc1. The molecule has 4 rings (SSSR count). The third kappa shape index (κ3) is 3.16. The minimum atomic E-state index is -0.341. The number of rotatable bonds is 4. The van der Waals surface area contributed by atoms with Crippen LogP contribution in [0.4, 0.5) is 0 Å². The monoisotopic (exact) mass is 371 g/mol. The zero-order valence-corrected chi connectivity index (χ0v) is 16.8. The number of carbonyl (C=O) groups excluding carboxylic acids is 1. The number of nitrogens with zero attached hydrogens (tertiary/aromatic N) is 1. The third-order valence-electron chi connectivity index (χ3n) is 7.51. The highest BCUT2D eigenvalue weighted by Gasteiger charge is 2.51. The molecule has 0 bridgehead atoms. The number of methoxy groups -OCH3 is 2. The van der Waals surface area contributed by atoms with Crippen LogP contribution in [0.3, 0.4) is 0 Å². The zero-order valence-electron chi connectivity index (χ0n) is 16.8. The van der Waals surface area contributed by atoms with Crippen molar-refractivity contribution < 1.29 is 14.3 Å². The van der Waals surface area contributed by atoms with Gasteiger partial charge in [-0.1, -0.05) is 31.4 Å². The summed E-state index contributed by atoms with van der Waals surface area (Å²) in [5, 5.41) is 0. The lowest BCUT2D eigenvalue weighted by Crippen LogP contribution is -2.54. The molecule has 4 nitrogen and oxygen atoms in total. The molecule has 4 heteroatoms. The Morgan fingerprint density at radius 3 is 2.37 bits per heavy atom. The van der Waals surface area contributed by atoms with Crippen molar-refractivity contribution in [2.24, 2.45) is 5.41 Å². The third-order valence-corrected chi connectivity index (χ3v) is 7.51. The summed E-state index contributed by atoms with van der Waals surface area (Å²) < 4.78 is 11.2. The van der Waals surface area contributed by atoms with E-state index in [4.69, 9.17) is 9.47 Å². The number of benzene rings is 1. The highest BCUT2D eigenvalue weighted by molar-refractivity contribution is 5.89. The van der Waals surface area contributed by atoms with Crippen molar-refractivity contribution in [3.8, 4) is 5.75 Å². The van der Waals surface area contributed by atoms with E-state index in [1.165, 1.54) is 24.8 Å². The van der Waals surface area contributed by atoms with E-state index in [1.807, 2.05) is 19.2 Å². The molecule has 0 radical (unpaired) electrons. The fraction of sp³-hybridized carbons (Fsp3) is 0.696. The first-order valence-electron chi connectivity index (χ1n) is 10.6. The highest BCUT2D eigenvalue weighted by atomic mass is 16.5. The smallest absolute Gasteiger partial charge is 0.233 e. The molecule has 3 aliphatic rings. The summed E-state index contributed by atoms with van der Waals surface area (Å²) in [6.07, 6.45) is 10.4. The van der Waals surface area contributed by atoms with Gasteiger partial charge in [-0.15, -0.1) is 0 Å². The summed E-state index contributed by atoms with van der Waals surface area (Å²) in [5.74, 6) is 1.20. The number of hydrogen-bond donors (Lipinski definition) is 0. The Hall–Kier alpha value is -1.55. The summed E-state index contributed by atoms with van der Waals surface area (Å²) in [5.41, 5.74) is 1.01. The van der Waals surface area contributed by atoms with Crippen molar-refractivity contribution in [3.63, 3.8) is 0 Å². The number of carbonyl (C=O) groups is 1. The summed E-state index contributed by atoms with van der Waals surface area (Å²) in [6.45, 7) is 1.77. The zero-order chi connectivity index (χ0) is 18.9. The molecule has 1 aliphatic heterocycles. The molecule has 2 atom stereocenters. The predicted molar refractivity (Wildman–Crippen MR) is 106 cm³/mol. The van der Waals surface area contributed by atoms with Crippen molar-refractivity contribution in [1.82, 2.24) is 4.90 Å². The summed E-state index contributed by atoms with van der Waals surface area (Å²) >= 11 is 0. The van der Waals surface area contributed by atoms with Gasteiger partial charge < -0.3 is 14.4 Å². The normalized spacial score (nSPS) is 30.0. The lowest BCUT2D eigenvalue weighted by molar-refractivity contribution is -0.143. The van der Waals surface area contributed by atoms with Gasteiger partial charge >= 0.3 is 0 Å².